The van der Waals surface area contributed by atoms with Crippen LogP contribution >= 0.6 is 0 Å². The highest BCUT2D eigenvalue weighted by molar-refractivity contribution is 5.82. The van der Waals surface area contributed by atoms with E-state index in [2.05, 4.69) is 17.3 Å². The lowest BCUT2D eigenvalue weighted by Crippen LogP contribution is -2.49. The average molecular weight is 182 g/mol. The molecule has 13 heavy (non-hydrogen) atoms. The molecule has 0 amide bonds. The zero-order chi connectivity index (χ0) is 9.42. The first kappa shape index (κ1) is 9.16. The fraction of sp³-hybridized carbons (Fsp3) is 0.900. The van der Waals surface area contributed by atoms with Gasteiger partial charge in [-0.1, -0.05) is 0 Å². The lowest BCUT2D eigenvalue weighted by Gasteiger charge is -2.29. The first-order valence-electron chi connectivity index (χ1n) is 5.14. The van der Waals surface area contributed by atoms with Crippen molar-refractivity contribution in [3.63, 3.8) is 0 Å². The molecular weight excluding hydrogens is 164 g/mol. The van der Waals surface area contributed by atoms with Crippen LogP contribution in [0, 0.1) is 5.92 Å². The van der Waals surface area contributed by atoms with Gasteiger partial charge in [-0.3, -0.25) is 9.69 Å². The maximum atomic E-state index is 11.4. The van der Waals surface area contributed by atoms with Crippen LogP contribution < -0.4 is 5.32 Å². The standard InChI is InChI=1S/C10H18N2O/c1-7(13)10-9-8(6-12(10)2)4-3-5-11-9/h8-11H,3-6H2,1-2H3. The highest BCUT2D eigenvalue weighted by atomic mass is 16.1. The van der Waals surface area contributed by atoms with Crippen molar-refractivity contribution in [1.82, 2.24) is 10.2 Å². The third-order valence-corrected chi connectivity index (χ3v) is 3.39. The third kappa shape index (κ3) is 1.51. The summed E-state index contributed by atoms with van der Waals surface area (Å²) in [7, 11) is 2.06. The number of likely N-dealkylation sites (N-methyl/N-ethyl adjacent to an activating group) is 1. The van der Waals surface area contributed by atoms with Gasteiger partial charge in [0.25, 0.3) is 0 Å². The monoisotopic (exact) mass is 182 g/mol. The predicted molar refractivity (Wildman–Crippen MR) is 51.6 cm³/mol. The van der Waals surface area contributed by atoms with Gasteiger partial charge in [0, 0.05) is 12.6 Å². The second kappa shape index (κ2) is 3.39. The van der Waals surface area contributed by atoms with Crippen LogP contribution in [0.3, 0.4) is 0 Å². The molecule has 0 saturated carbocycles. The number of fused-ring (bicyclic) bond motifs is 1. The number of hydrogen-bond acceptors (Lipinski definition) is 3. The molecule has 2 saturated heterocycles. The minimum atomic E-state index is 0.130. The van der Waals surface area contributed by atoms with E-state index in [0.29, 0.717) is 17.7 Å². The molecule has 1 N–H and O–H groups in total. The number of carbonyl (C=O) groups is 1. The number of nitrogens with zero attached hydrogens (tertiary/aromatic N) is 1. The lowest BCUT2D eigenvalue weighted by molar-refractivity contribution is -0.121. The third-order valence-electron chi connectivity index (χ3n) is 3.39. The molecule has 2 aliphatic heterocycles. The van der Waals surface area contributed by atoms with Crippen molar-refractivity contribution >= 4 is 5.78 Å². The van der Waals surface area contributed by atoms with Gasteiger partial charge in [-0.05, 0) is 39.3 Å². The van der Waals surface area contributed by atoms with Gasteiger partial charge in [-0.25, -0.2) is 0 Å². The Morgan fingerprint density at radius 2 is 2.31 bits per heavy atom. The fourth-order valence-electron chi connectivity index (χ4n) is 2.87. The van der Waals surface area contributed by atoms with Crippen molar-refractivity contribution < 1.29 is 4.79 Å². The zero-order valence-corrected chi connectivity index (χ0v) is 8.42. The zero-order valence-electron chi connectivity index (χ0n) is 8.42. The Morgan fingerprint density at radius 1 is 1.54 bits per heavy atom. The summed E-state index contributed by atoms with van der Waals surface area (Å²) >= 11 is 0. The van der Waals surface area contributed by atoms with E-state index in [9.17, 15) is 4.79 Å². The molecule has 3 heteroatoms. The highest BCUT2D eigenvalue weighted by Crippen LogP contribution is 2.29. The van der Waals surface area contributed by atoms with E-state index in [0.717, 1.165) is 13.1 Å². The van der Waals surface area contributed by atoms with Gasteiger partial charge in [-0.2, -0.15) is 0 Å². The number of carbonyl (C=O) groups excluding carboxylic acids is 1. The van der Waals surface area contributed by atoms with Gasteiger partial charge in [0.1, 0.15) is 5.78 Å². The molecule has 2 heterocycles. The minimum Gasteiger partial charge on any atom is -0.312 e. The topological polar surface area (TPSA) is 32.3 Å². The fourth-order valence-corrected chi connectivity index (χ4v) is 2.87. The number of nitrogens with one attached hydrogen (secondary N) is 1. The van der Waals surface area contributed by atoms with Gasteiger partial charge >= 0.3 is 0 Å². The normalized spacial score (nSPS) is 40.3. The van der Waals surface area contributed by atoms with E-state index in [1.807, 2.05) is 0 Å². The van der Waals surface area contributed by atoms with Gasteiger partial charge in [0.2, 0.25) is 0 Å². The van der Waals surface area contributed by atoms with Gasteiger partial charge in [0.15, 0.2) is 0 Å². The summed E-state index contributed by atoms with van der Waals surface area (Å²) in [5.41, 5.74) is 0. The molecule has 2 fully saturated rings. The minimum absolute atomic E-state index is 0.130. The van der Waals surface area contributed by atoms with E-state index in [4.69, 9.17) is 0 Å². The quantitative estimate of drug-likeness (QED) is 0.631. The van der Waals surface area contributed by atoms with Crippen LogP contribution in [0.5, 0.6) is 0 Å². The average Bonchev–Trinajstić information content (AvgIpc) is 2.39. The first-order chi connectivity index (χ1) is 6.20. The molecule has 0 radical (unpaired) electrons. The summed E-state index contributed by atoms with van der Waals surface area (Å²) in [5.74, 6) is 1.01. The number of piperidine rings is 1. The van der Waals surface area contributed by atoms with E-state index < -0.39 is 0 Å². The van der Waals surface area contributed by atoms with Crippen molar-refractivity contribution in [3.8, 4) is 0 Å². The second-order valence-electron chi connectivity index (χ2n) is 4.38. The number of likely N-dealkylation sites (tertiary alicyclic amines) is 1. The molecule has 0 aliphatic carbocycles. The molecule has 2 rings (SSSR count). The maximum Gasteiger partial charge on any atom is 0.148 e. The molecule has 2 aliphatic rings. The van der Waals surface area contributed by atoms with Crippen LogP contribution in [0.15, 0.2) is 0 Å². The summed E-state index contributed by atoms with van der Waals surface area (Å²) < 4.78 is 0. The van der Waals surface area contributed by atoms with Crippen molar-refractivity contribution in [2.45, 2.75) is 31.8 Å². The summed E-state index contributed by atoms with van der Waals surface area (Å²) in [4.78, 5) is 13.6. The SMILES string of the molecule is CC(=O)C1C2NCCCC2CN1C. The second-order valence-corrected chi connectivity index (χ2v) is 4.38. The molecule has 3 nitrogen and oxygen atoms in total. The molecule has 74 valence electrons. The Hall–Kier alpha value is -0.410. The molecule has 0 spiro atoms. The van der Waals surface area contributed by atoms with Crippen molar-refractivity contribution in [2.75, 3.05) is 20.1 Å². The Morgan fingerprint density at radius 3 is 3.00 bits per heavy atom. The van der Waals surface area contributed by atoms with Gasteiger partial charge < -0.3 is 5.32 Å². The van der Waals surface area contributed by atoms with Crippen LogP contribution in [0.2, 0.25) is 0 Å². The summed E-state index contributed by atoms with van der Waals surface area (Å²) in [5, 5.41) is 3.48. The van der Waals surface area contributed by atoms with Gasteiger partial charge in [0.05, 0.1) is 6.04 Å². The van der Waals surface area contributed by atoms with Crippen molar-refractivity contribution in [1.29, 1.82) is 0 Å². The number of ketones is 1. The highest BCUT2D eigenvalue weighted by Gasteiger charge is 2.42. The molecule has 3 atom stereocenters. The number of Topliss-reactive ketones (excluding diaryl/α,β-unsaturated/α-hetero) is 1. The molecular formula is C10H18N2O. The Balaban J connectivity index is 2.13. The lowest BCUT2D eigenvalue weighted by atomic mass is 9.89. The predicted octanol–water partition coefficient (Wildman–Crippen LogP) is 0.258. The Labute approximate surface area is 79.5 Å². The summed E-state index contributed by atoms with van der Waals surface area (Å²) in [6, 6.07) is 0.557. The van der Waals surface area contributed by atoms with E-state index in [1.165, 1.54) is 12.8 Å². The van der Waals surface area contributed by atoms with Crippen LogP contribution in [0.4, 0.5) is 0 Å². The van der Waals surface area contributed by atoms with Crippen LogP contribution in [0.1, 0.15) is 19.8 Å². The van der Waals surface area contributed by atoms with E-state index in [-0.39, 0.29) is 6.04 Å². The van der Waals surface area contributed by atoms with E-state index >= 15 is 0 Å². The molecule has 3 unspecified atom stereocenters. The van der Waals surface area contributed by atoms with Crippen molar-refractivity contribution in [2.24, 2.45) is 5.92 Å². The van der Waals surface area contributed by atoms with Crippen LogP contribution in [-0.2, 0) is 4.79 Å². The summed E-state index contributed by atoms with van der Waals surface area (Å²) in [6.45, 7) is 3.88. The Kier molecular flexibility index (Phi) is 2.39. The molecule has 0 aromatic heterocycles. The van der Waals surface area contributed by atoms with Gasteiger partial charge in [-0.15, -0.1) is 0 Å². The number of hydrogen-bond donors (Lipinski definition) is 1. The molecule has 0 bridgehead atoms. The smallest absolute Gasteiger partial charge is 0.148 e. The molecule has 0 aromatic carbocycles. The van der Waals surface area contributed by atoms with E-state index in [1.54, 1.807) is 6.92 Å². The number of rotatable bonds is 1. The first-order valence-corrected chi connectivity index (χ1v) is 5.14. The maximum absolute atomic E-state index is 11.4. The Bertz CT molecular complexity index is 217. The molecule has 0 aromatic rings. The van der Waals surface area contributed by atoms with Crippen molar-refractivity contribution in [3.05, 3.63) is 0 Å². The summed E-state index contributed by atoms with van der Waals surface area (Å²) in [6.07, 6.45) is 2.55. The van der Waals surface area contributed by atoms with Crippen LogP contribution in [-0.4, -0.2) is 42.9 Å². The van der Waals surface area contributed by atoms with Crippen LogP contribution in [0.25, 0.3) is 0 Å². The largest absolute Gasteiger partial charge is 0.312 e.